The van der Waals surface area contributed by atoms with Crippen LogP contribution in [0.4, 0.5) is 0 Å². The molecule has 0 aliphatic rings. The van der Waals surface area contributed by atoms with Crippen LogP contribution < -0.4 is 5.32 Å². The first-order valence-corrected chi connectivity index (χ1v) is 7.93. The molecule has 1 unspecified atom stereocenters. The summed E-state index contributed by atoms with van der Waals surface area (Å²) in [5, 5.41) is 16.9. The zero-order valence-electron chi connectivity index (χ0n) is 12.9. The Morgan fingerprint density at radius 2 is 1.91 bits per heavy atom. The van der Waals surface area contributed by atoms with Gasteiger partial charge in [0.15, 0.2) is 0 Å². The number of aliphatic hydroxyl groups excluding tert-OH is 1. The second kappa shape index (κ2) is 7.07. The third-order valence-corrected chi connectivity index (χ3v) is 4.13. The van der Waals surface area contributed by atoms with E-state index in [0.717, 1.165) is 5.56 Å². The molecule has 1 amide bonds. The van der Waals surface area contributed by atoms with Gasteiger partial charge in [-0.05, 0) is 33.0 Å². The Morgan fingerprint density at radius 1 is 1.32 bits per heavy atom. The maximum Gasteiger partial charge on any atom is 0.270 e. The summed E-state index contributed by atoms with van der Waals surface area (Å²) in [4.78, 5) is 12.1. The molecule has 2 N–H and O–H groups in total. The number of nitrogens with one attached hydrogen (secondary N) is 1. The Bertz CT molecular complexity index is 630. The Balaban J connectivity index is 1.98. The smallest absolute Gasteiger partial charge is 0.270 e. The average Bonchev–Trinajstić information content (AvgIpc) is 2.83. The third kappa shape index (κ3) is 3.75. The minimum absolute atomic E-state index is 0.150. The van der Waals surface area contributed by atoms with Crippen molar-refractivity contribution in [3.63, 3.8) is 0 Å². The van der Waals surface area contributed by atoms with E-state index < -0.39 is 6.10 Å². The van der Waals surface area contributed by atoms with Crippen molar-refractivity contribution in [2.75, 3.05) is 6.54 Å². The number of rotatable bonds is 5. The van der Waals surface area contributed by atoms with E-state index in [1.807, 2.05) is 24.3 Å². The van der Waals surface area contributed by atoms with Crippen LogP contribution in [0, 0.1) is 0 Å². The van der Waals surface area contributed by atoms with Crippen molar-refractivity contribution in [1.29, 1.82) is 0 Å². The van der Waals surface area contributed by atoms with Crippen LogP contribution in [0.15, 0.2) is 34.9 Å². The molecule has 1 aromatic carbocycles. The molecule has 0 radical (unpaired) electrons. The van der Waals surface area contributed by atoms with Gasteiger partial charge in [-0.1, -0.05) is 38.1 Å². The highest BCUT2D eigenvalue weighted by Gasteiger charge is 2.16. The van der Waals surface area contributed by atoms with Gasteiger partial charge in [-0.3, -0.25) is 9.48 Å². The highest BCUT2D eigenvalue weighted by atomic mass is 79.9. The molecule has 0 spiro atoms. The Labute approximate surface area is 138 Å². The molecule has 0 fully saturated rings. The summed E-state index contributed by atoms with van der Waals surface area (Å²) in [5.74, 6) is 0.179. The summed E-state index contributed by atoms with van der Waals surface area (Å²) in [6, 6.07) is 7.80. The van der Waals surface area contributed by atoms with E-state index in [0.29, 0.717) is 16.1 Å². The van der Waals surface area contributed by atoms with Crippen molar-refractivity contribution in [2.24, 2.45) is 7.05 Å². The van der Waals surface area contributed by atoms with E-state index in [4.69, 9.17) is 0 Å². The van der Waals surface area contributed by atoms with Crippen molar-refractivity contribution >= 4 is 21.8 Å². The zero-order valence-corrected chi connectivity index (χ0v) is 14.5. The van der Waals surface area contributed by atoms with Gasteiger partial charge in [0.2, 0.25) is 0 Å². The molecule has 118 valence electrons. The van der Waals surface area contributed by atoms with Gasteiger partial charge in [-0.25, -0.2) is 0 Å². The van der Waals surface area contributed by atoms with Crippen LogP contribution in [-0.4, -0.2) is 27.3 Å². The lowest BCUT2D eigenvalue weighted by Crippen LogP contribution is -2.30. The fourth-order valence-electron chi connectivity index (χ4n) is 2.16. The molecular formula is C16H20BrN3O2. The van der Waals surface area contributed by atoms with Crippen LogP contribution >= 0.6 is 15.9 Å². The summed E-state index contributed by atoms with van der Waals surface area (Å²) in [6.45, 7) is 4.40. The van der Waals surface area contributed by atoms with Crippen molar-refractivity contribution in [1.82, 2.24) is 15.1 Å². The van der Waals surface area contributed by atoms with Crippen LogP contribution in [0.3, 0.4) is 0 Å². The normalized spacial score (nSPS) is 12.5. The van der Waals surface area contributed by atoms with Gasteiger partial charge in [0.25, 0.3) is 5.91 Å². The van der Waals surface area contributed by atoms with E-state index in [1.165, 1.54) is 10.2 Å². The fourth-order valence-corrected chi connectivity index (χ4v) is 2.69. The van der Waals surface area contributed by atoms with Gasteiger partial charge in [-0.15, -0.1) is 0 Å². The first-order valence-electron chi connectivity index (χ1n) is 7.13. The molecule has 1 atom stereocenters. The topological polar surface area (TPSA) is 67.2 Å². The number of hydrogen-bond acceptors (Lipinski definition) is 3. The molecule has 0 saturated heterocycles. The summed E-state index contributed by atoms with van der Waals surface area (Å²) in [6.07, 6.45) is 0.827. The molecule has 0 bridgehead atoms. The second-order valence-corrected chi connectivity index (χ2v) is 6.37. The number of nitrogens with zero attached hydrogens (tertiary/aromatic N) is 2. The Morgan fingerprint density at radius 3 is 2.41 bits per heavy atom. The van der Waals surface area contributed by atoms with Gasteiger partial charge in [0.1, 0.15) is 5.69 Å². The molecule has 22 heavy (non-hydrogen) atoms. The quantitative estimate of drug-likeness (QED) is 0.855. The number of hydrogen-bond donors (Lipinski definition) is 2. The highest BCUT2D eigenvalue weighted by Crippen LogP contribution is 2.19. The molecule has 5 nitrogen and oxygen atoms in total. The average molecular weight is 366 g/mol. The number of carbonyl (C=O) groups is 1. The summed E-state index contributed by atoms with van der Waals surface area (Å²) < 4.78 is 2.12. The molecule has 1 aromatic heterocycles. The van der Waals surface area contributed by atoms with Gasteiger partial charge in [0, 0.05) is 13.6 Å². The predicted octanol–water partition coefficient (Wildman–Crippen LogP) is 2.77. The van der Waals surface area contributed by atoms with E-state index >= 15 is 0 Å². The summed E-state index contributed by atoms with van der Waals surface area (Å²) in [5.41, 5.74) is 2.44. The van der Waals surface area contributed by atoms with Gasteiger partial charge >= 0.3 is 0 Å². The number of amides is 1. The zero-order chi connectivity index (χ0) is 16.3. The minimum atomic E-state index is -0.739. The molecule has 2 rings (SSSR count). The number of aryl methyl sites for hydroxylation is 1. The van der Waals surface area contributed by atoms with Gasteiger partial charge < -0.3 is 10.4 Å². The number of aliphatic hydroxyl groups is 1. The number of aromatic nitrogens is 2. The van der Waals surface area contributed by atoms with Crippen LogP contribution in [0.2, 0.25) is 0 Å². The van der Waals surface area contributed by atoms with Crippen molar-refractivity contribution in [3.8, 4) is 0 Å². The molecule has 1 heterocycles. The largest absolute Gasteiger partial charge is 0.387 e. The van der Waals surface area contributed by atoms with E-state index in [1.54, 1.807) is 13.2 Å². The van der Waals surface area contributed by atoms with E-state index in [9.17, 15) is 9.90 Å². The number of halogens is 1. The standard InChI is InChI=1S/C16H20BrN3O2/c1-10(2)11-4-6-12(7-5-11)14(21)9-18-16(22)15-13(17)8-19-20(15)3/h4-8,10,14,21H,9H2,1-3H3,(H,18,22). The van der Waals surface area contributed by atoms with Gasteiger partial charge in [0.05, 0.1) is 16.8 Å². The Hall–Kier alpha value is -1.66. The minimum Gasteiger partial charge on any atom is -0.387 e. The molecule has 6 heteroatoms. The first kappa shape index (κ1) is 16.7. The van der Waals surface area contributed by atoms with Crippen LogP contribution in [-0.2, 0) is 7.05 Å². The molecular weight excluding hydrogens is 346 g/mol. The monoisotopic (exact) mass is 365 g/mol. The van der Waals surface area contributed by atoms with Crippen molar-refractivity contribution in [2.45, 2.75) is 25.9 Å². The van der Waals surface area contributed by atoms with Crippen LogP contribution in [0.5, 0.6) is 0 Å². The SMILES string of the molecule is CC(C)c1ccc(C(O)CNC(=O)c2c(Br)cnn2C)cc1. The predicted molar refractivity (Wildman–Crippen MR) is 88.7 cm³/mol. The van der Waals surface area contributed by atoms with E-state index in [-0.39, 0.29) is 12.5 Å². The Kier molecular flexibility index (Phi) is 5.37. The third-order valence-electron chi connectivity index (χ3n) is 3.55. The van der Waals surface area contributed by atoms with Crippen molar-refractivity contribution in [3.05, 3.63) is 51.8 Å². The second-order valence-electron chi connectivity index (χ2n) is 5.51. The lowest BCUT2D eigenvalue weighted by molar-refractivity contribution is 0.0906. The van der Waals surface area contributed by atoms with Crippen molar-refractivity contribution < 1.29 is 9.90 Å². The molecule has 0 aliphatic carbocycles. The lowest BCUT2D eigenvalue weighted by atomic mass is 10.00. The number of carbonyl (C=O) groups excluding carboxylic acids is 1. The summed E-state index contributed by atoms with van der Waals surface area (Å²) >= 11 is 3.28. The van der Waals surface area contributed by atoms with Crippen LogP contribution in [0.25, 0.3) is 0 Å². The number of benzene rings is 1. The first-order chi connectivity index (χ1) is 10.4. The maximum absolute atomic E-state index is 12.1. The summed E-state index contributed by atoms with van der Waals surface area (Å²) in [7, 11) is 1.70. The van der Waals surface area contributed by atoms with E-state index in [2.05, 4.69) is 40.2 Å². The molecule has 2 aromatic rings. The maximum atomic E-state index is 12.1. The lowest BCUT2D eigenvalue weighted by Gasteiger charge is -2.14. The van der Waals surface area contributed by atoms with Crippen LogP contribution in [0.1, 0.15) is 47.5 Å². The molecule has 0 saturated carbocycles. The molecule has 0 aliphatic heterocycles. The fraction of sp³-hybridized carbons (Fsp3) is 0.375. The highest BCUT2D eigenvalue weighted by molar-refractivity contribution is 9.10. The van der Waals surface area contributed by atoms with Gasteiger partial charge in [-0.2, -0.15) is 5.10 Å².